The molecule has 0 spiro atoms. The molecule has 0 aliphatic heterocycles. The van der Waals surface area contributed by atoms with Gasteiger partial charge in [-0.2, -0.15) is 0 Å². The van der Waals surface area contributed by atoms with Crippen LogP contribution in [-0.2, 0) is 9.59 Å². The van der Waals surface area contributed by atoms with E-state index >= 15 is 0 Å². The van der Waals surface area contributed by atoms with Gasteiger partial charge in [-0.05, 0) is 12.8 Å². The Kier molecular flexibility index (Phi) is 22.2. The van der Waals surface area contributed by atoms with E-state index in [1.54, 1.807) is 0 Å². The van der Waals surface area contributed by atoms with Crippen molar-refractivity contribution < 1.29 is 30.8 Å². The molecule has 7 nitrogen and oxygen atoms in total. The molecule has 1 atom stereocenters. The predicted octanol–water partition coefficient (Wildman–Crippen LogP) is -5.44. The quantitative estimate of drug-likeness (QED) is 0.509. The van der Waals surface area contributed by atoms with Gasteiger partial charge in [0.05, 0.1) is 5.97 Å². The van der Waals surface area contributed by atoms with Crippen LogP contribution < -0.4 is 15.9 Å². The Morgan fingerprint density at radius 1 is 1.23 bits per heavy atom. The molecule has 0 aliphatic carbocycles. The molecule has 1 unspecified atom stereocenters. The molecule has 0 rings (SSSR count). The number of carboxylic acids is 2. The van der Waals surface area contributed by atoms with E-state index in [-0.39, 0.29) is 72.7 Å². The fourth-order valence-corrected chi connectivity index (χ4v) is 0.391. The second kappa shape index (κ2) is 12.4. The summed E-state index contributed by atoms with van der Waals surface area (Å²) in [5.74, 6) is -2.75. The van der Waals surface area contributed by atoms with Crippen LogP contribution >= 0.6 is 0 Å². The van der Waals surface area contributed by atoms with Crippen molar-refractivity contribution in [2.45, 2.75) is 18.9 Å². The minimum absolute atomic E-state index is 0. The smallest absolute Gasteiger partial charge is 0.550 e. The Balaban J connectivity index is -0.000000135. The molecule has 13 heavy (non-hydrogen) atoms. The number of hydrogen-bond acceptors (Lipinski definition) is 5. The first kappa shape index (κ1) is 23.3. The van der Waals surface area contributed by atoms with Crippen molar-refractivity contribution in [3.8, 4) is 0 Å². The SMILES string of the molecule is NC(CCC(=O)[O-])C(=O)[O-].O.O.[Ba+2]. The van der Waals surface area contributed by atoms with Crippen molar-refractivity contribution in [2.24, 2.45) is 5.73 Å². The molecule has 0 saturated carbocycles. The summed E-state index contributed by atoms with van der Waals surface area (Å²) < 4.78 is 0. The molecular weight excluding hydrogens is 307 g/mol. The van der Waals surface area contributed by atoms with Crippen LogP contribution in [0.15, 0.2) is 0 Å². The molecule has 0 heterocycles. The molecule has 0 fully saturated rings. The van der Waals surface area contributed by atoms with Gasteiger partial charge in [0.1, 0.15) is 0 Å². The van der Waals surface area contributed by atoms with Gasteiger partial charge in [-0.15, -0.1) is 0 Å². The Bertz CT molecular complexity index is 152. The molecule has 0 aromatic carbocycles. The maximum atomic E-state index is 9.86. The zero-order valence-corrected chi connectivity index (χ0v) is 11.3. The van der Waals surface area contributed by atoms with Gasteiger partial charge in [0, 0.05) is 12.0 Å². The standard InChI is InChI=1S/C5H9NO4.Ba.2H2O/c6-3(5(9)10)1-2-4(7)8;;;/h3H,1-2,6H2,(H,7,8)(H,9,10);;2*1H2/q;+2;;/p-2. The summed E-state index contributed by atoms with van der Waals surface area (Å²) in [4.78, 5) is 19.6. The Morgan fingerprint density at radius 3 is 1.85 bits per heavy atom. The van der Waals surface area contributed by atoms with Gasteiger partial charge in [0.2, 0.25) is 0 Å². The van der Waals surface area contributed by atoms with Crippen molar-refractivity contribution in [3.05, 3.63) is 0 Å². The molecule has 0 radical (unpaired) electrons. The molecular formula is C5H11BaNO6. The van der Waals surface area contributed by atoms with Gasteiger partial charge in [-0.25, -0.2) is 0 Å². The van der Waals surface area contributed by atoms with Crippen LogP contribution in [0.2, 0.25) is 0 Å². The maximum absolute atomic E-state index is 9.86. The third-order valence-corrected chi connectivity index (χ3v) is 0.962. The van der Waals surface area contributed by atoms with E-state index in [1.165, 1.54) is 0 Å². The van der Waals surface area contributed by atoms with Crippen LogP contribution in [0.5, 0.6) is 0 Å². The van der Waals surface area contributed by atoms with E-state index in [1.807, 2.05) is 0 Å². The molecule has 0 aliphatic rings. The Morgan fingerprint density at radius 2 is 1.62 bits per heavy atom. The first-order valence-electron chi connectivity index (χ1n) is 2.70. The van der Waals surface area contributed by atoms with Crippen LogP contribution in [0.1, 0.15) is 12.8 Å². The first-order chi connectivity index (χ1) is 4.54. The summed E-state index contributed by atoms with van der Waals surface area (Å²) in [5.41, 5.74) is 4.91. The average molecular weight is 318 g/mol. The van der Waals surface area contributed by atoms with Gasteiger partial charge in [0.15, 0.2) is 0 Å². The number of carboxylic acid groups (broad SMARTS) is 2. The summed E-state index contributed by atoms with van der Waals surface area (Å²) in [6.07, 6.45) is -0.500. The van der Waals surface area contributed by atoms with E-state index in [0.717, 1.165) is 0 Å². The third kappa shape index (κ3) is 15.2. The van der Waals surface area contributed by atoms with Gasteiger partial charge >= 0.3 is 48.9 Å². The topological polar surface area (TPSA) is 169 Å². The molecule has 0 saturated heterocycles. The van der Waals surface area contributed by atoms with E-state index in [2.05, 4.69) is 0 Å². The average Bonchev–Trinajstić information content (AvgIpc) is 1.82. The second-order valence-corrected chi connectivity index (χ2v) is 1.84. The zero-order chi connectivity index (χ0) is 8.15. The molecule has 74 valence electrons. The van der Waals surface area contributed by atoms with E-state index in [4.69, 9.17) is 5.73 Å². The largest absolute Gasteiger partial charge is 2.00 e. The predicted molar refractivity (Wildman–Crippen MR) is 40.2 cm³/mol. The molecule has 8 heteroatoms. The number of rotatable bonds is 4. The van der Waals surface area contributed by atoms with Gasteiger partial charge in [0.25, 0.3) is 0 Å². The van der Waals surface area contributed by atoms with Gasteiger partial charge in [-0.1, -0.05) is 0 Å². The minimum Gasteiger partial charge on any atom is -0.550 e. The normalized spacial score (nSPS) is 9.62. The van der Waals surface area contributed by atoms with Gasteiger partial charge in [-0.3, -0.25) is 0 Å². The minimum atomic E-state index is -1.44. The summed E-state index contributed by atoms with van der Waals surface area (Å²) in [6, 6.07) is -1.21. The summed E-state index contributed by atoms with van der Waals surface area (Å²) in [6.45, 7) is 0. The monoisotopic (exact) mass is 319 g/mol. The van der Waals surface area contributed by atoms with Crippen molar-refractivity contribution in [1.82, 2.24) is 0 Å². The summed E-state index contributed by atoms with van der Waals surface area (Å²) >= 11 is 0. The summed E-state index contributed by atoms with van der Waals surface area (Å²) in [7, 11) is 0. The Labute approximate surface area is 115 Å². The molecule has 0 aromatic heterocycles. The van der Waals surface area contributed by atoms with E-state index < -0.39 is 18.0 Å². The number of carbonyl (C=O) groups is 2. The number of aliphatic carboxylic acids is 2. The fourth-order valence-electron chi connectivity index (χ4n) is 0.391. The Hall–Kier alpha value is 0.391. The molecule has 0 amide bonds. The molecule has 0 aromatic rings. The van der Waals surface area contributed by atoms with Crippen LogP contribution in [0.3, 0.4) is 0 Å². The van der Waals surface area contributed by atoms with Crippen molar-refractivity contribution in [2.75, 3.05) is 0 Å². The van der Waals surface area contributed by atoms with Crippen molar-refractivity contribution >= 4 is 60.8 Å². The van der Waals surface area contributed by atoms with E-state index in [0.29, 0.717) is 0 Å². The van der Waals surface area contributed by atoms with Crippen LogP contribution in [0.4, 0.5) is 0 Å². The number of nitrogens with two attached hydrogens (primary N) is 1. The van der Waals surface area contributed by atoms with Crippen LogP contribution in [-0.4, -0.2) is 77.8 Å². The zero-order valence-electron chi connectivity index (χ0n) is 6.91. The number of hydrogen-bond donors (Lipinski definition) is 1. The molecule has 0 bridgehead atoms. The molecule has 6 N–H and O–H groups in total. The number of carbonyl (C=O) groups excluding carboxylic acids is 2. The van der Waals surface area contributed by atoms with E-state index in [9.17, 15) is 19.8 Å². The summed E-state index contributed by atoms with van der Waals surface area (Å²) in [5, 5.41) is 19.6. The van der Waals surface area contributed by atoms with Crippen LogP contribution in [0, 0.1) is 0 Å². The van der Waals surface area contributed by atoms with Crippen molar-refractivity contribution in [3.63, 3.8) is 0 Å². The van der Waals surface area contributed by atoms with Gasteiger partial charge < -0.3 is 36.5 Å². The fraction of sp³-hybridized carbons (Fsp3) is 0.600. The van der Waals surface area contributed by atoms with Crippen LogP contribution in [0.25, 0.3) is 0 Å². The third-order valence-electron chi connectivity index (χ3n) is 0.962. The van der Waals surface area contributed by atoms with Crippen molar-refractivity contribution in [1.29, 1.82) is 0 Å². The second-order valence-electron chi connectivity index (χ2n) is 1.84. The maximum Gasteiger partial charge on any atom is 2.00 e. The first-order valence-corrected chi connectivity index (χ1v) is 2.70.